The van der Waals surface area contributed by atoms with Crippen LogP contribution in [-0.4, -0.2) is 10.9 Å². The minimum atomic E-state index is -0.348. The lowest BCUT2D eigenvalue weighted by Gasteiger charge is -2.07. The van der Waals surface area contributed by atoms with Crippen LogP contribution in [0.3, 0.4) is 0 Å². The molecule has 4 nitrogen and oxygen atoms in total. The van der Waals surface area contributed by atoms with Gasteiger partial charge in [-0.25, -0.2) is 4.98 Å². The SMILES string of the molecule is N#Cc1ccc(Br)cc1NC(=O)c1ccc(Cl)nc1. The average Bonchev–Trinajstić information content (AvgIpc) is 2.39. The van der Waals surface area contributed by atoms with Gasteiger partial charge in [0.1, 0.15) is 11.2 Å². The standard InChI is InChI=1S/C13H7BrClN3O/c14-10-3-1-8(6-16)11(5-10)18-13(19)9-2-4-12(15)17-7-9/h1-5,7H,(H,18,19). The van der Waals surface area contributed by atoms with Crippen LogP contribution in [0.4, 0.5) is 5.69 Å². The lowest BCUT2D eigenvalue weighted by atomic mass is 10.2. The summed E-state index contributed by atoms with van der Waals surface area (Å²) in [4.78, 5) is 15.8. The molecule has 1 aromatic heterocycles. The van der Waals surface area contributed by atoms with Crippen LogP contribution in [0.15, 0.2) is 41.0 Å². The zero-order chi connectivity index (χ0) is 13.8. The Labute approximate surface area is 123 Å². The van der Waals surface area contributed by atoms with E-state index in [4.69, 9.17) is 16.9 Å². The van der Waals surface area contributed by atoms with E-state index in [1.165, 1.54) is 12.3 Å². The first kappa shape index (κ1) is 13.5. The van der Waals surface area contributed by atoms with E-state index in [2.05, 4.69) is 26.2 Å². The molecule has 1 N–H and O–H groups in total. The number of amides is 1. The maximum atomic E-state index is 12.0. The highest BCUT2D eigenvalue weighted by molar-refractivity contribution is 9.10. The maximum absolute atomic E-state index is 12.0. The monoisotopic (exact) mass is 335 g/mol. The second-order valence-electron chi connectivity index (χ2n) is 3.63. The highest BCUT2D eigenvalue weighted by Crippen LogP contribution is 2.21. The Hall–Kier alpha value is -1.90. The summed E-state index contributed by atoms with van der Waals surface area (Å²) in [5, 5.41) is 12.0. The van der Waals surface area contributed by atoms with Crippen LogP contribution in [0.1, 0.15) is 15.9 Å². The van der Waals surface area contributed by atoms with Gasteiger partial charge in [-0.2, -0.15) is 5.26 Å². The lowest BCUT2D eigenvalue weighted by molar-refractivity contribution is 0.102. The molecule has 6 heteroatoms. The number of anilines is 1. The number of aromatic nitrogens is 1. The highest BCUT2D eigenvalue weighted by atomic mass is 79.9. The Bertz CT molecular complexity index is 665. The number of carbonyl (C=O) groups is 1. The van der Waals surface area contributed by atoms with E-state index < -0.39 is 0 Å². The van der Waals surface area contributed by atoms with E-state index in [1.54, 1.807) is 24.3 Å². The number of benzene rings is 1. The van der Waals surface area contributed by atoms with Crippen molar-refractivity contribution in [3.05, 3.63) is 57.3 Å². The molecule has 2 aromatic rings. The van der Waals surface area contributed by atoms with Gasteiger partial charge in [-0.3, -0.25) is 4.79 Å². The van der Waals surface area contributed by atoms with E-state index in [9.17, 15) is 4.79 Å². The number of carbonyl (C=O) groups excluding carboxylic acids is 1. The Balaban J connectivity index is 2.26. The molecule has 0 aliphatic heterocycles. The van der Waals surface area contributed by atoms with Crippen LogP contribution >= 0.6 is 27.5 Å². The molecule has 0 saturated carbocycles. The van der Waals surface area contributed by atoms with Crippen molar-refractivity contribution < 1.29 is 4.79 Å². The van der Waals surface area contributed by atoms with Crippen molar-refractivity contribution in [1.29, 1.82) is 5.26 Å². The molecule has 1 amide bonds. The van der Waals surface area contributed by atoms with Crippen molar-refractivity contribution in [2.75, 3.05) is 5.32 Å². The molecule has 0 spiro atoms. The predicted molar refractivity (Wildman–Crippen MR) is 76.1 cm³/mol. The molecule has 19 heavy (non-hydrogen) atoms. The summed E-state index contributed by atoms with van der Waals surface area (Å²) in [5.41, 5.74) is 1.20. The number of rotatable bonds is 2. The summed E-state index contributed by atoms with van der Waals surface area (Å²) in [6, 6.07) is 10.1. The van der Waals surface area contributed by atoms with Crippen molar-refractivity contribution in [1.82, 2.24) is 4.98 Å². The topological polar surface area (TPSA) is 65.8 Å². The summed E-state index contributed by atoms with van der Waals surface area (Å²) in [6.45, 7) is 0. The number of hydrogen-bond donors (Lipinski definition) is 1. The molecule has 94 valence electrons. The summed E-state index contributed by atoms with van der Waals surface area (Å²) in [5.74, 6) is -0.348. The van der Waals surface area contributed by atoms with Gasteiger partial charge in [0.25, 0.3) is 5.91 Å². The molecular weight excluding hydrogens is 330 g/mol. The molecule has 0 fully saturated rings. The molecule has 0 unspecified atom stereocenters. The molecule has 0 atom stereocenters. The van der Waals surface area contributed by atoms with E-state index in [1.807, 2.05) is 6.07 Å². The van der Waals surface area contributed by atoms with Gasteiger partial charge >= 0.3 is 0 Å². The molecule has 0 bridgehead atoms. The van der Waals surface area contributed by atoms with Crippen molar-refractivity contribution in [2.45, 2.75) is 0 Å². The summed E-state index contributed by atoms with van der Waals surface area (Å²) >= 11 is 8.94. The third-order valence-electron chi connectivity index (χ3n) is 2.34. The largest absolute Gasteiger partial charge is 0.321 e. The summed E-state index contributed by atoms with van der Waals surface area (Å²) in [7, 11) is 0. The van der Waals surface area contributed by atoms with Gasteiger partial charge in [0.05, 0.1) is 16.8 Å². The molecule has 0 saturated heterocycles. The van der Waals surface area contributed by atoms with Gasteiger partial charge in [-0.05, 0) is 30.3 Å². The Morgan fingerprint density at radius 3 is 2.79 bits per heavy atom. The molecule has 1 heterocycles. The average molecular weight is 337 g/mol. The molecule has 2 rings (SSSR count). The molecule has 0 aliphatic carbocycles. The van der Waals surface area contributed by atoms with Crippen molar-refractivity contribution in [3.8, 4) is 6.07 Å². The van der Waals surface area contributed by atoms with E-state index in [0.29, 0.717) is 22.0 Å². The van der Waals surface area contributed by atoms with Crippen LogP contribution in [0, 0.1) is 11.3 Å². The van der Waals surface area contributed by atoms with Gasteiger partial charge in [0, 0.05) is 10.7 Å². The van der Waals surface area contributed by atoms with Crippen molar-refractivity contribution >= 4 is 39.1 Å². The molecular formula is C13H7BrClN3O. The van der Waals surface area contributed by atoms with Crippen LogP contribution in [0.2, 0.25) is 5.15 Å². The van der Waals surface area contributed by atoms with Crippen molar-refractivity contribution in [2.24, 2.45) is 0 Å². The van der Waals surface area contributed by atoms with Gasteiger partial charge in [0.15, 0.2) is 0 Å². The zero-order valence-electron chi connectivity index (χ0n) is 9.52. The van der Waals surface area contributed by atoms with E-state index in [-0.39, 0.29) is 5.91 Å². The number of nitrogens with one attached hydrogen (secondary N) is 1. The number of pyridine rings is 1. The third-order valence-corrected chi connectivity index (χ3v) is 3.06. The quantitative estimate of drug-likeness (QED) is 0.852. The molecule has 0 aliphatic rings. The van der Waals surface area contributed by atoms with Crippen molar-refractivity contribution in [3.63, 3.8) is 0 Å². The fourth-order valence-electron chi connectivity index (χ4n) is 1.42. The van der Waals surface area contributed by atoms with Crippen LogP contribution in [0.5, 0.6) is 0 Å². The predicted octanol–water partition coefficient (Wildman–Crippen LogP) is 3.62. The Kier molecular flexibility index (Phi) is 4.15. The third kappa shape index (κ3) is 3.31. The second-order valence-corrected chi connectivity index (χ2v) is 4.93. The second kappa shape index (κ2) is 5.83. The lowest BCUT2D eigenvalue weighted by Crippen LogP contribution is -2.13. The summed E-state index contributed by atoms with van der Waals surface area (Å²) < 4.78 is 0.774. The van der Waals surface area contributed by atoms with Gasteiger partial charge in [0.2, 0.25) is 0 Å². The molecule has 0 radical (unpaired) electrons. The normalized spacial score (nSPS) is 9.74. The van der Waals surface area contributed by atoms with Gasteiger partial charge in [-0.1, -0.05) is 27.5 Å². The first-order valence-electron chi connectivity index (χ1n) is 5.22. The van der Waals surface area contributed by atoms with E-state index >= 15 is 0 Å². The highest BCUT2D eigenvalue weighted by Gasteiger charge is 2.10. The van der Waals surface area contributed by atoms with Crippen LogP contribution in [0.25, 0.3) is 0 Å². The minimum Gasteiger partial charge on any atom is -0.321 e. The first-order chi connectivity index (χ1) is 9.10. The van der Waals surface area contributed by atoms with Gasteiger partial charge in [-0.15, -0.1) is 0 Å². The number of halogens is 2. The van der Waals surface area contributed by atoms with E-state index in [0.717, 1.165) is 4.47 Å². The van der Waals surface area contributed by atoms with Gasteiger partial charge < -0.3 is 5.32 Å². The fraction of sp³-hybridized carbons (Fsp3) is 0. The number of hydrogen-bond acceptors (Lipinski definition) is 3. The first-order valence-corrected chi connectivity index (χ1v) is 6.40. The fourth-order valence-corrected chi connectivity index (χ4v) is 1.89. The molecule has 1 aromatic carbocycles. The van der Waals surface area contributed by atoms with Crippen LogP contribution in [-0.2, 0) is 0 Å². The zero-order valence-corrected chi connectivity index (χ0v) is 11.9. The summed E-state index contributed by atoms with van der Waals surface area (Å²) in [6.07, 6.45) is 1.38. The number of nitrogens with zero attached hydrogens (tertiary/aromatic N) is 2. The smallest absolute Gasteiger partial charge is 0.257 e. The Morgan fingerprint density at radius 2 is 2.16 bits per heavy atom. The Morgan fingerprint density at radius 1 is 1.37 bits per heavy atom. The maximum Gasteiger partial charge on any atom is 0.257 e. The van der Waals surface area contributed by atoms with Crippen LogP contribution < -0.4 is 5.32 Å². The number of nitriles is 1. The minimum absolute atomic E-state index is 0.316.